The van der Waals surface area contributed by atoms with Crippen LogP contribution in [0.1, 0.15) is 49.3 Å². The molecule has 1 aromatic heterocycles. The van der Waals surface area contributed by atoms with Gasteiger partial charge in [-0.25, -0.2) is 4.79 Å². The van der Waals surface area contributed by atoms with Gasteiger partial charge in [-0.2, -0.15) is 0 Å². The van der Waals surface area contributed by atoms with Gasteiger partial charge < -0.3 is 9.64 Å². The van der Waals surface area contributed by atoms with Gasteiger partial charge in [0.1, 0.15) is 5.60 Å². The second kappa shape index (κ2) is 6.12. The Hall–Kier alpha value is -1.10. The van der Waals surface area contributed by atoms with E-state index in [-0.39, 0.29) is 34.7 Å². The van der Waals surface area contributed by atoms with Gasteiger partial charge in [-0.3, -0.25) is 4.98 Å². The lowest BCUT2D eigenvalue weighted by Gasteiger charge is -2.33. The Morgan fingerprint density at radius 3 is 2.70 bits per heavy atom. The molecule has 110 valence electrons. The standard InChI is InChI=1S/C15H21BrN2O2/c1-15(2,3)20-14(19)18-8-6-11(7-9-18)13-5-4-12(16)10-17-13/h4-5,10-11H,6-9H2,1-3H3/i4D,5D,10D. The third-order valence-corrected chi connectivity index (χ3v) is 3.48. The van der Waals surface area contributed by atoms with Crippen molar-refractivity contribution in [1.82, 2.24) is 9.88 Å². The average Bonchev–Trinajstić information content (AvgIpc) is 2.47. The molecule has 0 N–H and O–H groups in total. The number of likely N-dealkylation sites (tertiary alicyclic amines) is 1. The summed E-state index contributed by atoms with van der Waals surface area (Å²) in [5, 5.41) is 0. The zero-order valence-electron chi connectivity index (χ0n) is 15.0. The number of aromatic nitrogens is 1. The Balaban J connectivity index is 2.07. The highest BCUT2D eigenvalue weighted by molar-refractivity contribution is 9.10. The largest absolute Gasteiger partial charge is 0.444 e. The summed E-state index contributed by atoms with van der Waals surface area (Å²) in [5.41, 5.74) is -0.0393. The Kier molecular flexibility index (Phi) is 3.53. The van der Waals surface area contributed by atoms with Crippen molar-refractivity contribution in [3.05, 3.63) is 28.4 Å². The minimum absolute atomic E-state index is 0.00503. The number of rotatable bonds is 1. The van der Waals surface area contributed by atoms with Crippen LogP contribution in [0, 0.1) is 0 Å². The molecular weight excluding hydrogens is 320 g/mol. The van der Waals surface area contributed by atoms with E-state index in [1.165, 1.54) is 0 Å². The van der Waals surface area contributed by atoms with Gasteiger partial charge in [-0.05, 0) is 61.6 Å². The van der Waals surface area contributed by atoms with Gasteiger partial charge in [0.2, 0.25) is 0 Å². The summed E-state index contributed by atoms with van der Waals surface area (Å²) in [5.74, 6) is -0.0116. The van der Waals surface area contributed by atoms with Gasteiger partial charge in [0.15, 0.2) is 0 Å². The van der Waals surface area contributed by atoms with Crippen LogP contribution in [0.4, 0.5) is 4.79 Å². The maximum Gasteiger partial charge on any atom is 0.410 e. The summed E-state index contributed by atoms with van der Waals surface area (Å²) in [4.78, 5) is 17.9. The van der Waals surface area contributed by atoms with Crippen LogP contribution in [-0.4, -0.2) is 34.7 Å². The first-order valence-corrected chi connectivity index (χ1v) is 7.50. The van der Waals surface area contributed by atoms with Crippen LogP contribution in [-0.2, 0) is 4.74 Å². The van der Waals surface area contributed by atoms with Crippen LogP contribution in [0.15, 0.2) is 22.7 Å². The smallest absolute Gasteiger partial charge is 0.410 e. The number of hydrogen-bond acceptors (Lipinski definition) is 3. The minimum atomic E-state index is -0.518. The zero-order valence-corrected chi connectivity index (χ0v) is 13.6. The van der Waals surface area contributed by atoms with Gasteiger partial charge in [-0.1, -0.05) is 0 Å². The molecule has 0 atom stereocenters. The molecule has 1 fully saturated rings. The average molecular weight is 344 g/mol. The number of piperidine rings is 1. The molecule has 4 nitrogen and oxygen atoms in total. The fourth-order valence-electron chi connectivity index (χ4n) is 2.14. The molecular formula is C15H21BrN2O2. The highest BCUT2D eigenvalue weighted by atomic mass is 79.9. The fraction of sp³-hybridized carbons (Fsp3) is 0.600. The highest BCUT2D eigenvalue weighted by Crippen LogP contribution is 2.28. The third-order valence-electron chi connectivity index (χ3n) is 3.11. The molecule has 5 heteroatoms. The van der Waals surface area contributed by atoms with Crippen molar-refractivity contribution in [3.8, 4) is 0 Å². The maximum atomic E-state index is 12.1. The Labute approximate surface area is 132 Å². The molecule has 1 aromatic rings. The van der Waals surface area contributed by atoms with E-state index in [0.29, 0.717) is 31.6 Å². The summed E-state index contributed by atoms with van der Waals surface area (Å²) in [6, 6.07) is 0.0539. The van der Waals surface area contributed by atoms with Gasteiger partial charge in [-0.15, -0.1) is 0 Å². The maximum absolute atomic E-state index is 12.1. The van der Waals surface area contributed by atoms with E-state index in [1.807, 2.05) is 20.8 Å². The summed E-state index contributed by atoms with van der Waals surface area (Å²) in [6.07, 6.45) is 0.959. The van der Waals surface area contributed by atoms with Crippen LogP contribution in [0.2, 0.25) is 0 Å². The number of ether oxygens (including phenoxy) is 1. The molecule has 0 aliphatic carbocycles. The number of carbonyl (C=O) groups is 1. The first-order chi connectivity index (χ1) is 10.6. The number of nitrogens with zero attached hydrogens (tertiary/aromatic N) is 2. The molecule has 0 aromatic carbocycles. The van der Waals surface area contributed by atoms with Gasteiger partial charge in [0.05, 0.1) is 4.11 Å². The number of carbonyl (C=O) groups excluding carboxylic acids is 1. The molecule has 1 aliphatic rings. The zero-order chi connectivity index (χ0) is 17.4. The molecule has 20 heavy (non-hydrogen) atoms. The molecule has 0 bridgehead atoms. The monoisotopic (exact) mass is 343 g/mol. The molecule has 2 rings (SSSR count). The quantitative estimate of drug-likeness (QED) is 0.774. The second-order valence-electron chi connectivity index (χ2n) is 5.91. The molecule has 1 aliphatic heterocycles. The number of amides is 1. The van der Waals surface area contributed by atoms with E-state index in [0.717, 1.165) is 0 Å². The van der Waals surface area contributed by atoms with Gasteiger partial charge in [0, 0.05) is 35.3 Å². The van der Waals surface area contributed by atoms with E-state index < -0.39 is 5.60 Å². The van der Waals surface area contributed by atoms with Crippen LogP contribution in [0.25, 0.3) is 0 Å². The number of hydrogen-bond donors (Lipinski definition) is 0. The normalized spacial score (nSPS) is 19.2. The summed E-state index contributed by atoms with van der Waals surface area (Å²) in [6.45, 7) is 6.55. The lowest BCUT2D eigenvalue weighted by molar-refractivity contribution is 0.0204. The first-order valence-electron chi connectivity index (χ1n) is 8.21. The van der Waals surface area contributed by atoms with Crippen molar-refractivity contribution in [3.63, 3.8) is 0 Å². The summed E-state index contributed by atoms with van der Waals surface area (Å²) >= 11 is 3.12. The topological polar surface area (TPSA) is 42.4 Å². The molecule has 0 radical (unpaired) electrons. The van der Waals surface area contributed by atoms with Crippen molar-refractivity contribution in [1.29, 1.82) is 0 Å². The Morgan fingerprint density at radius 2 is 2.10 bits per heavy atom. The van der Waals surface area contributed by atoms with Crippen LogP contribution in [0.5, 0.6) is 0 Å². The fourth-order valence-corrected chi connectivity index (χ4v) is 2.33. The predicted octanol–water partition coefficient (Wildman–Crippen LogP) is 3.96. The van der Waals surface area contributed by atoms with E-state index in [4.69, 9.17) is 8.85 Å². The van der Waals surface area contributed by atoms with Crippen molar-refractivity contribution >= 4 is 22.0 Å². The van der Waals surface area contributed by atoms with Crippen LogP contribution in [0.3, 0.4) is 0 Å². The summed E-state index contributed by atoms with van der Waals surface area (Å²) in [7, 11) is 0. The predicted molar refractivity (Wildman–Crippen MR) is 81.7 cm³/mol. The summed E-state index contributed by atoms with van der Waals surface area (Å²) < 4.78 is 29.3. The van der Waals surface area contributed by atoms with Crippen molar-refractivity contribution in [2.24, 2.45) is 0 Å². The van der Waals surface area contributed by atoms with E-state index in [1.54, 1.807) is 4.90 Å². The van der Waals surface area contributed by atoms with Crippen molar-refractivity contribution in [2.75, 3.05) is 13.1 Å². The molecule has 0 spiro atoms. The van der Waals surface area contributed by atoms with Gasteiger partial charge >= 0.3 is 6.09 Å². The lowest BCUT2D eigenvalue weighted by atomic mass is 9.93. The third kappa shape index (κ3) is 4.20. The number of pyridine rings is 1. The van der Waals surface area contributed by atoms with Crippen LogP contribution >= 0.6 is 15.9 Å². The van der Waals surface area contributed by atoms with E-state index in [9.17, 15) is 4.79 Å². The molecule has 2 heterocycles. The molecule has 0 saturated carbocycles. The molecule has 1 saturated heterocycles. The first kappa shape index (κ1) is 11.5. The minimum Gasteiger partial charge on any atom is -0.444 e. The van der Waals surface area contributed by atoms with Crippen molar-refractivity contribution in [2.45, 2.75) is 45.1 Å². The Bertz CT molecular complexity index is 612. The number of halogens is 1. The van der Waals surface area contributed by atoms with Gasteiger partial charge in [0.25, 0.3) is 0 Å². The molecule has 0 unspecified atom stereocenters. The van der Waals surface area contributed by atoms with E-state index in [2.05, 4.69) is 20.9 Å². The lowest BCUT2D eigenvalue weighted by Crippen LogP contribution is -2.41. The highest BCUT2D eigenvalue weighted by Gasteiger charge is 2.27. The molecule has 1 amide bonds. The second-order valence-corrected chi connectivity index (χ2v) is 6.71. The van der Waals surface area contributed by atoms with Crippen LogP contribution < -0.4 is 0 Å². The van der Waals surface area contributed by atoms with E-state index >= 15 is 0 Å². The van der Waals surface area contributed by atoms with Crippen molar-refractivity contribution < 1.29 is 13.6 Å². The SMILES string of the molecule is [2H]c1nc(C2CCN(C(=O)OC(C)(C)C)CC2)c([2H])c([2H])c1Br. The Morgan fingerprint density at radius 1 is 1.45 bits per heavy atom.